The van der Waals surface area contributed by atoms with Crippen molar-refractivity contribution in [3.05, 3.63) is 312 Å². The molecule has 0 radical (unpaired) electrons. The minimum atomic E-state index is -4.76. The molecule has 1 fully saturated rings. The summed E-state index contributed by atoms with van der Waals surface area (Å²) >= 11 is 16.1. The Morgan fingerprint density at radius 1 is 0.507 bits per heavy atom. The SMILES string of the molecule is CCCCn1c(C(=O)O)c(N2C(=O)Cc3cscc3C2=O)c2cc(C(F)(F)F)ccc21.Cc1cc(Cn2c(C(=O)O)c(-n3c(=O)[nH]c4cscc4c3=O)c3cc(C(F)(F)F)ccc32)ccc1F.NCC(=O)Nc1cccc(Cn2c(C(=O)O)c(-n3c(=O)[nH]c4cscc4c3=O)c3cc(Cl)ccc32)c1.O=C(O)c1c(-n2c(=O)[nH]c3ccccc3c2=O)c2cc(Cl)ccc2n1CC1CCNC1. The normalized spacial score (nSPS) is 13.4. The molecule has 19 rings (SSSR count). The maximum Gasteiger partial charge on any atom is 0.416 e. The van der Waals surface area contributed by atoms with Crippen LogP contribution >= 0.6 is 57.2 Å². The molecule has 2 aliphatic heterocycles. The molecular formula is C91H69Cl2F7N14O17S3. The Labute approximate surface area is 767 Å². The van der Waals surface area contributed by atoms with Crippen LogP contribution in [0.2, 0.25) is 10.0 Å². The van der Waals surface area contributed by atoms with Crippen LogP contribution in [-0.4, -0.2) is 129 Å². The van der Waals surface area contributed by atoms with Gasteiger partial charge in [-0.1, -0.05) is 72.9 Å². The second-order valence-electron chi connectivity index (χ2n) is 31.2. The van der Waals surface area contributed by atoms with Crippen LogP contribution in [0.25, 0.3) is 93.4 Å². The number of alkyl halides is 6. The number of anilines is 2. The lowest BCUT2D eigenvalue weighted by molar-refractivity contribution is -0.138. The van der Waals surface area contributed by atoms with E-state index in [0.29, 0.717) is 101 Å². The monoisotopic (exact) mass is 1930 g/mol. The number of para-hydroxylation sites is 1. The number of nitrogens with zero attached hydrogens (tertiary/aromatic N) is 8. The second kappa shape index (κ2) is 36.7. The third-order valence-electron chi connectivity index (χ3n) is 22.7. The molecule has 1 atom stereocenters. The van der Waals surface area contributed by atoms with Crippen molar-refractivity contribution in [1.82, 2.24) is 52.2 Å². The first-order valence-electron chi connectivity index (χ1n) is 40.5. The number of aromatic amines is 3. The lowest BCUT2D eigenvalue weighted by Crippen LogP contribution is -2.42. The number of carbonyl (C=O) groups excluding carboxylic acids is 3. The molecule has 0 saturated carbocycles. The predicted octanol–water partition coefficient (Wildman–Crippen LogP) is 15.4. The van der Waals surface area contributed by atoms with Crippen LogP contribution in [0.15, 0.2) is 201 Å². The minimum absolute atomic E-state index is 0.0351. The number of aromatic carboxylic acids is 4. The van der Waals surface area contributed by atoms with Gasteiger partial charge >= 0.3 is 53.3 Å². The van der Waals surface area contributed by atoms with Crippen molar-refractivity contribution in [1.29, 1.82) is 0 Å². The van der Waals surface area contributed by atoms with Gasteiger partial charge in [0.05, 0.1) is 107 Å². The van der Waals surface area contributed by atoms with Crippen LogP contribution in [0.3, 0.4) is 0 Å². The highest BCUT2D eigenvalue weighted by atomic mass is 35.5. The Bertz CT molecular complexity index is 8180. The Kier molecular flexibility index (Phi) is 25.3. The van der Waals surface area contributed by atoms with Crippen molar-refractivity contribution < 1.29 is 84.7 Å². The quantitative estimate of drug-likeness (QED) is 0.0265. The molecule has 1 unspecified atom stereocenters. The number of thiophene rings is 3. The van der Waals surface area contributed by atoms with Crippen LogP contribution in [0.1, 0.15) is 112 Å². The number of carboxylic acid groups (broad SMARTS) is 4. The first-order chi connectivity index (χ1) is 63.8. The number of benzene rings is 7. The summed E-state index contributed by atoms with van der Waals surface area (Å²) < 4.78 is 103. The molecule has 686 valence electrons. The van der Waals surface area contributed by atoms with Crippen LogP contribution in [0.4, 0.5) is 42.1 Å². The molecule has 11 N–H and O–H groups in total. The number of imide groups is 1. The van der Waals surface area contributed by atoms with Gasteiger partial charge in [-0.05, 0) is 170 Å². The largest absolute Gasteiger partial charge is 0.477 e. The Balaban J connectivity index is 0.000000130. The third kappa shape index (κ3) is 17.3. The zero-order valence-electron chi connectivity index (χ0n) is 69.5. The van der Waals surface area contributed by atoms with Gasteiger partial charge in [0, 0.05) is 90.4 Å². The number of hydrogen-bond donors (Lipinski definition) is 10. The van der Waals surface area contributed by atoms with Crippen molar-refractivity contribution in [2.75, 3.05) is 29.9 Å². The zero-order valence-corrected chi connectivity index (χ0v) is 73.4. The fourth-order valence-electron chi connectivity index (χ4n) is 16.8. The van der Waals surface area contributed by atoms with Crippen LogP contribution in [0, 0.1) is 18.7 Å². The average molecular weight is 1930 g/mol. The van der Waals surface area contributed by atoms with Crippen LogP contribution in [-0.2, 0) is 54.5 Å². The smallest absolute Gasteiger partial charge is 0.416 e. The predicted molar refractivity (Wildman–Crippen MR) is 492 cm³/mol. The highest BCUT2D eigenvalue weighted by Gasteiger charge is 2.42. The second-order valence-corrected chi connectivity index (χ2v) is 34.3. The number of aromatic nitrogens is 10. The van der Waals surface area contributed by atoms with Crippen molar-refractivity contribution >= 4 is 187 Å². The summed E-state index contributed by atoms with van der Waals surface area (Å²) in [6.45, 7) is 5.44. The minimum Gasteiger partial charge on any atom is -0.477 e. The van der Waals surface area contributed by atoms with Gasteiger partial charge in [-0.15, -0.1) is 22.7 Å². The summed E-state index contributed by atoms with van der Waals surface area (Å²) in [4.78, 5) is 175. The Morgan fingerprint density at radius 3 is 1.49 bits per heavy atom. The number of rotatable bonds is 19. The van der Waals surface area contributed by atoms with E-state index >= 15 is 0 Å². The summed E-state index contributed by atoms with van der Waals surface area (Å²) in [6.07, 6.45) is -7.37. The van der Waals surface area contributed by atoms with Gasteiger partial charge in [0.25, 0.3) is 22.6 Å². The number of aryl methyl sites for hydroxylation is 2. The standard InChI is InChI=1S/C24H18ClN5O5S.C24H15F4N3O4S.C22H19ClN4O4.C21H17F3N2O4S/c25-13-4-5-18-15(7-13)20(30-22(32)16-10-36-11-17(16)28-24(30)35)21(23(33)34)29(18)9-12-2-1-3-14(6-12)27-19(31)8-26;1-11-6-12(2-4-16(11)25)8-30-18-5-3-13(24(26,27)28)7-14(18)19(20(30)22(33)34)31-21(32)15-9-36-10-17(15)29-23(31)35;23-13-5-6-17-15(9-13)18(19(21(29)30)26(17)11-12-7-8-24-10-12)27-20(28)14-3-1-2-4-16(14)25-22(27)31;1-2-3-6-25-15-5-4-12(21(22,23)24)8-13(15)17(18(25)20(29)30)26-16(27)7-11-9-31-10-14(11)19(26)28/h1-7,10-11H,8-9,26H2,(H,27,31)(H,28,35)(H,33,34);2-7,9-10H,8H2,1H3,(H,29,35)(H,33,34);1-6,9,12,24H,7-8,10-11H2,(H,25,31)(H,29,30);4-5,8-10H,2-3,6-7H2,1H3,(H,29,30). The molecule has 0 spiro atoms. The molecule has 134 heavy (non-hydrogen) atoms. The maximum absolute atomic E-state index is 13.8. The van der Waals surface area contributed by atoms with Crippen molar-refractivity contribution in [3.8, 4) is 17.1 Å². The molecule has 0 aliphatic carbocycles. The van der Waals surface area contributed by atoms with Gasteiger partial charge in [0.2, 0.25) is 11.8 Å². The summed E-state index contributed by atoms with van der Waals surface area (Å²) in [6, 6.07) is 32.8. The molecule has 2 aliphatic rings. The molecule has 0 bridgehead atoms. The van der Waals surface area contributed by atoms with Gasteiger partial charge in [-0.3, -0.25) is 28.8 Å². The third-order valence-corrected chi connectivity index (χ3v) is 25.5. The van der Waals surface area contributed by atoms with E-state index in [2.05, 4.69) is 25.6 Å². The van der Waals surface area contributed by atoms with E-state index < -0.39 is 110 Å². The lowest BCUT2D eigenvalue weighted by Gasteiger charge is -2.25. The topological polar surface area (TPSA) is 438 Å². The average Bonchev–Trinajstić information content (AvgIpc) is 1.59. The molecule has 17 aromatic rings. The Hall–Kier alpha value is -14.9. The van der Waals surface area contributed by atoms with Gasteiger partial charge in [0.15, 0.2) is 22.8 Å². The number of amides is 3. The molecule has 3 amide bonds. The molecule has 43 heteroatoms. The molecule has 12 heterocycles. The number of nitrogens with two attached hydrogens (primary N) is 1. The summed E-state index contributed by atoms with van der Waals surface area (Å²) in [5, 5.41) is 57.6. The molecule has 1 saturated heterocycles. The van der Waals surface area contributed by atoms with Gasteiger partial charge < -0.3 is 70.0 Å². The number of hydrogen-bond acceptors (Lipinski definition) is 18. The fraction of sp³-hybridized carbons (Fsp3) is 0.176. The number of H-pyrrole nitrogens is 3. The molecule has 31 nitrogen and oxygen atoms in total. The zero-order chi connectivity index (χ0) is 95.7. The van der Waals surface area contributed by atoms with Crippen LogP contribution < -0.4 is 55.0 Å². The number of unbranched alkanes of at least 4 members (excludes halogenated alkanes) is 1. The van der Waals surface area contributed by atoms with Crippen molar-refractivity contribution in [3.63, 3.8) is 0 Å². The van der Waals surface area contributed by atoms with Crippen LogP contribution in [0.5, 0.6) is 0 Å². The van der Waals surface area contributed by atoms with Crippen molar-refractivity contribution in [2.45, 2.75) is 78.1 Å². The molecular weight excluding hydrogens is 1860 g/mol. The van der Waals surface area contributed by atoms with E-state index in [0.717, 1.165) is 69.1 Å². The van der Waals surface area contributed by atoms with Crippen molar-refractivity contribution in [2.24, 2.45) is 11.7 Å². The first-order valence-corrected chi connectivity index (χ1v) is 44.1. The number of halogens is 9. The van der Waals surface area contributed by atoms with Gasteiger partial charge in [0.1, 0.15) is 5.82 Å². The first kappa shape index (κ1) is 92.4. The van der Waals surface area contributed by atoms with E-state index in [1.165, 1.54) is 84.4 Å². The summed E-state index contributed by atoms with van der Waals surface area (Å²) in [7, 11) is 0. The summed E-state index contributed by atoms with van der Waals surface area (Å²) in [5.74, 6) is -7.56. The number of carbonyl (C=O) groups is 7. The highest BCUT2D eigenvalue weighted by Crippen LogP contribution is 2.44. The van der Waals surface area contributed by atoms with E-state index in [4.69, 9.17) is 28.9 Å². The van der Waals surface area contributed by atoms with E-state index in [9.17, 15) is 113 Å². The number of fused-ring (bicyclic) bond motifs is 8. The van der Waals surface area contributed by atoms with E-state index in [-0.39, 0.29) is 128 Å². The molecule has 10 aromatic heterocycles. The maximum atomic E-state index is 13.8. The fourth-order valence-corrected chi connectivity index (χ4v) is 19.4. The molecule has 7 aromatic carbocycles. The number of nitrogens with one attached hydrogen (secondary N) is 5. The Morgan fingerprint density at radius 2 is 0.978 bits per heavy atom. The van der Waals surface area contributed by atoms with E-state index in [1.54, 1.807) is 105 Å². The van der Waals surface area contributed by atoms with Gasteiger partial charge in [-0.2, -0.15) is 37.7 Å². The number of carboxylic acids is 4. The summed E-state index contributed by atoms with van der Waals surface area (Å²) in [5.41, 5.74) is 1.67. The lowest BCUT2D eigenvalue weighted by atomic mass is 10.0. The van der Waals surface area contributed by atoms with Gasteiger partial charge in [-0.25, -0.2) is 56.6 Å². The van der Waals surface area contributed by atoms with E-state index in [1.807, 2.05) is 6.92 Å². The highest BCUT2D eigenvalue weighted by molar-refractivity contribution is 7.09.